The van der Waals surface area contributed by atoms with Gasteiger partial charge in [0, 0.05) is 24.6 Å². The van der Waals surface area contributed by atoms with Crippen LogP contribution in [0.1, 0.15) is 13.3 Å². The summed E-state index contributed by atoms with van der Waals surface area (Å²) < 4.78 is 10.9. The first-order valence-corrected chi connectivity index (χ1v) is 10.7. The lowest BCUT2D eigenvalue weighted by Gasteiger charge is -2.20. The number of anilines is 1. The number of likely N-dealkylation sites (N-methyl/N-ethyl adjacent to an activating group) is 1. The Kier molecular flexibility index (Phi) is 6.69. The number of hydrogen-bond acceptors (Lipinski definition) is 8. The quantitative estimate of drug-likeness (QED) is 0.379. The number of carbonyl (C=O) groups is 2. The molecule has 3 rings (SSSR count). The van der Waals surface area contributed by atoms with Crippen LogP contribution < -0.4 is 9.64 Å². The average molecular weight is 437 g/mol. The maximum absolute atomic E-state index is 12.2. The normalized spacial score (nSPS) is 19.0. The van der Waals surface area contributed by atoms with Crippen molar-refractivity contribution in [1.29, 1.82) is 0 Å². The summed E-state index contributed by atoms with van der Waals surface area (Å²) >= 11 is 8.04. The van der Waals surface area contributed by atoms with E-state index in [4.69, 9.17) is 21.7 Å². The highest BCUT2D eigenvalue weighted by molar-refractivity contribution is 8.26. The van der Waals surface area contributed by atoms with Crippen molar-refractivity contribution in [2.45, 2.75) is 18.2 Å². The fourth-order valence-corrected chi connectivity index (χ4v) is 4.90. The lowest BCUT2D eigenvalue weighted by atomic mass is 10.2. The van der Waals surface area contributed by atoms with Crippen molar-refractivity contribution in [2.75, 3.05) is 32.2 Å². The van der Waals surface area contributed by atoms with Gasteiger partial charge in [0.1, 0.15) is 10.1 Å². The summed E-state index contributed by atoms with van der Waals surface area (Å²) in [7, 11) is 3.29. The van der Waals surface area contributed by atoms with Crippen molar-refractivity contribution in [2.24, 2.45) is 0 Å². The van der Waals surface area contributed by atoms with Gasteiger partial charge >= 0.3 is 5.97 Å². The van der Waals surface area contributed by atoms with Gasteiger partial charge in [-0.2, -0.15) is 0 Å². The van der Waals surface area contributed by atoms with Gasteiger partial charge in [-0.15, -0.1) is 0 Å². The van der Waals surface area contributed by atoms with E-state index in [0.29, 0.717) is 22.4 Å². The average Bonchev–Trinajstić information content (AvgIpc) is 3.16. The van der Waals surface area contributed by atoms with Gasteiger partial charge in [-0.05, 0) is 31.2 Å². The molecule has 0 bridgehead atoms. The molecule has 0 radical (unpaired) electrons. The number of benzene rings is 1. The van der Waals surface area contributed by atoms with E-state index in [1.165, 1.54) is 16.7 Å². The van der Waals surface area contributed by atoms with Crippen molar-refractivity contribution in [3.63, 3.8) is 0 Å². The number of carbonyl (C=O) groups excluding carboxylic acids is 2. The lowest BCUT2D eigenvalue weighted by Crippen LogP contribution is -2.23. The maximum atomic E-state index is 12.2. The van der Waals surface area contributed by atoms with E-state index in [0.717, 1.165) is 21.4 Å². The van der Waals surface area contributed by atoms with E-state index < -0.39 is 0 Å². The Balaban J connectivity index is 1.87. The van der Waals surface area contributed by atoms with Crippen molar-refractivity contribution in [3.05, 3.63) is 40.3 Å². The highest BCUT2D eigenvalue weighted by Crippen LogP contribution is 2.47. The number of methoxy groups -OCH3 is 1. The fraction of sp³-hybridized carbons (Fsp3) is 0.316. The summed E-state index contributed by atoms with van der Waals surface area (Å²) in [5, 5.41) is 0.925. The van der Waals surface area contributed by atoms with Crippen molar-refractivity contribution >= 4 is 57.6 Å². The summed E-state index contributed by atoms with van der Waals surface area (Å²) in [5.41, 5.74) is 0.969. The molecule has 2 aliphatic heterocycles. The standard InChI is InChI=1S/C19H20N2O4S3/c1-4-25-17(22)9-10-21-13-11-12(24-3)5-6-14(13)27-16(21)8-7-15-18(23)20(2)19(26)28-15/h5-8,11H,4,9-10H2,1-3H3/b15-7-,16-8-. The summed E-state index contributed by atoms with van der Waals surface area (Å²) in [6.45, 7) is 2.62. The number of thiocarbonyl (C=S) groups is 1. The molecule has 0 unspecified atom stereocenters. The van der Waals surface area contributed by atoms with Gasteiger partial charge in [0.2, 0.25) is 0 Å². The van der Waals surface area contributed by atoms with Crippen molar-refractivity contribution in [3.8, 4) is 5.75 Å². The Bertz CT molecular complexity index is 882. The van der Waals surface area contributed by atoms with Crippen LogP contribution in [0.5, 0.6) is 5.75 Å². The van der Waals surface area contributed by atoms with E-state index in [-0.39, 0.29) is 18.3 Å². The maximum Gasteiger partial charge on any atom is 0.307 e. The first kappa shape index (κ1) is 20.8. The van der Waals surface area contributed by atoms with Crippen LogP contribution >= 0.6 is 35.7 Å². The molecule has 2 heterocycles. The summed E-state index contributed by atoms with van der Waals surface area (Å²) in [6.07, 6.45) is 3.94. The van der Waals surface area contributed by atoms with E-state index in [2.05, 4.69) is 0 Å². The molecule has 0 aliphatic carbocycles. The van der Waals surface area contributed by atoms with E-state index >= 15 is 0 Å². The monoisotopic (exact) mass is 436 g/mol. The minimum atomic E-state index is -0.241. The Hall–Kier alpha value is -1.97. The number of ether oxygens (including phenoxy) is 2. The zero-order chi connectivity index (χ0) is 20.3. The minimum Gasteiger partial charge on any atom is -0.497 e. The number of rotatable bonds is 6. The molecule has 9 heteroatoms. The molecule has 148 valence electrons. The topological polar surface area (TPSA) is 59.1 Å². The van der Waals surface area contributed by atoms with Crippen molar-refractivity contribution in [1.82, 2.24) is 4.90 Å². The van der Waals surface area contributed by atoms with Gasteiger partial charge in [-0.25, -0.2) is 0 Å². The van der Waals surface area contributed by atoms with Crippen LogP contribution in [0, 0.1) is 0 Å². The Morgan fingerprint density at radius 2 is 2.07 bits per heavy atom. The zero-order valence-corrected chi connectivity index (χ0v) is 18.2. The largest absolute Gasteiger partial charge is 0.497 e. The molecule has 0 N–H and O–H groups in total. The number of allylic oxidation sites excluding steroid dienone is 2. The van der Waals surface area contributed by atoms with Crippen LogP contribution in [0.2, 0.25) is 0 Å². The molecule has 1 fully saturated rings. The lowest BCUT2D eigenvalue weighted by molar-refractivity contribution is -0.142. The Labute approximate surface area is 177 Å². The minimum absolute atomic E-state index is 0.105. The molecular formula is C19H20N2O4S3. The number of thioether (sulfide) groups is 2. The van der Waals surface area contributed by atoms with Crippen molar-refractivity contribution < 1.29 is 19.1 Å². The third-order valence-corrected chi connectivity index (χ3v) is 6.78. The molecule has 6 nitrogen and oxygen atoms in total. The Morgan fingerprint density at radius 3 is 2.71 bits per heavy atom. The number of hydrogen-bond donors (Lipinski definition) is 0. The molecule has 1 amide bonds. The highest BCUT2D eigenvalue weighted by atomic mass is 32.2. The fourth-order valence-electron chi connectivity index (χ4n) is 2.71. The van der Waals surface area contributed by atoms with Gasteiger partial charge in [-0.1, -0.05) is 35.7 Å². The van der Waals surface area contributed by atoms with Gasteiger partial charge in [-0.3, -0.25) is 14.5 Å². The predicted molar refractivity (Wildman–Crippen MR) is 117 cm³/mol. The van der Waals surface area contributed by atoms with E-state index in [9.17, 15) is 9.59 Å². The number of esters is 1. The van der Waals surface area contributed by atoms with Crippen LogP contribution in [-0.2, 0) is 14.3 Å². The van der Waals surface area contributed by atoms with Crippen LogP contribution in [0.4, 0.5) is 5.69 Å². The predicted octanol–water partition coefficient (Wildman–Crippen LogP) is 3.78. The molecule has 0 aromatic heterocycles. The van der Waals surface area contributed by atoms with Crippen LogP contribution in [0.25, 0.3) is 0 Å². The first-order chi connectivity index (χ1) is 13.4. The SMILES string of the molecule is CCOC(=O)CCN1/C(=C/C=C2\SC(=S)N(C)C2=O)Sc2ccc(OC)cc21. The third-order valence-electron chi connectivity index (χ3n) is 4.15. The molecule has 0 spiro atoms. The molecule has 1 saturated heterocycles. The summed E-state index contributed by atoms with van der Waals surface area (Å²) in [6, 6.07) is 5.84. The second kappa shape index (κ2) is 9.02. The summed E-state index contributed by atoms with van der Waals surface area (Å²) in [4.78, 5) is 29.2. The van der Waals surface area contributed by atoms with Gasteiger partial charge < -0.3 is 14.4 Å². The molecule has 28 heavy (non-hydrogen) atoms. The molecule has 2 aliphatic rings. The first-order valence-electron chi connectivity index (χ1n) is 8.65. The van der Waals surface area contributed by atoms with E-state index in [1.54, 1.807) is 38.9 Å². The molecular weight excluding hydrogens is 416 g/mol. The molecule has 0 saturated carbocycles. The number of nitrogens with zero attached hydrogens (tertiary/aromatic N) is 2. The third kappa shape index (κ3) is 4.37. The molecule has 0 atom stereocenters. The second-order valence-corrected chi connectivity index (χ2v) is 8.65. The molecule has 1 aromatic rings. The number of amides is 1. The highest BCUT2D eigenvalue weighted by Gasteiger charge is 2.29. The van der Waals surface area contributed by atoms with Crippen LogP contribution in [0.3, 0.4) is 0 Å². The molecule has 1 aromatic carbocycles. The summed E-state index contributed by atoms with van der Waals surface area (Å²) in [5.74, 6) is 0.399. The van der Waals surface area contributed by atoms with Crippen LogP contribution in [0.15, 0.2) is 45.2 Å². The zero-order valence-electron chi connectivity index (χ0n) is 15.8. The Morgan fingerprint density at radius 1 is 1.29 bits per heavy atom. The van der Waals surface area contributed by atoms with Gasteiger partial charge in [0.15, 0.2) is 0 Å². The van der Waals surface area contributed by atoms with Gasteiger partial charge in [0.05, 0.1) is 35.8 Å². The number of fused-ring (bicyclic) bond motifs is 1. The second-order valence-electron chi connectivity index (χ2n) is 5.91. The van der Waals surface area contributed by atoms with Crippen LogP contribution in [-0.4, -0.2) is 48.4 Å². The van der Waals surface area contributed by atoms with Gasteiger partial charge in [0.25, 0.3) is 5.91 Å². The smallest absolute Gasteiger partial charge is 0.307 e. The van der Waals surface area contributed by atoms with E-state index in [1.807, 2.05) is 29.2 Å².